The summed E-state index contributed by atoms with van der Waals surface area (Å²) in [4.78, 5) is 22.1. The van der Waals surface area contributed by atoms with Crippen LogP contribution in [0.3, 0.4) is 0 Å². The van der Waals surface area contributed by atoms with Gasteiger partial charge in [0.1, 0.15) is 5.75 Å². The maximum Gasteiger partial charge on any atom is 0.309 e. The van der Waals surface area contributed by atoms with Crippen LogP contribution in [-0.4, -0.2) is 31.2 Å². The Balaban J connectivity index is 2.30. The van der Waals surface area contributed by atoms with Gasteiger partial charge in [0.15, 0.2) is 0 Å². The summed E-state index contributed by atoms with van der Waals surface area (Å²) in [7, 11) is 1.29. The van der Waals surface area contributed by atoms with Crippen molar-refractivity contribution in [1.82, 2.24) is 0 Å². The number of fused-ring (bicyclic) bond motifs is 1. The lowest BCUT2D eigenvalue weighted by Gasteiger charge is -2.19. The Kier molecular flexibility index (Phi) is 4.22. The second-order valence-corrected chi connectivity index (χ2v) is 4.90. The van der Waals surface area contributed by atoms with E-state index in [1.807, 2.05) is 12.1 Å². The number of nitrogens with zero attached hydrogens (tertiary/aromatic N) is 1. The number of nitro groups is 1. The van der Waals surface area contributed by atoms with Crippen molar-refractivity contribution in [2.24, 2.45) is 5.92 Å². The van der Waals surface area contributed by atoms with Crippen molar-refractivity contribution in [2.75, 3.05) is 20.3 Å². The van der Waals surface area contributed by atoms with Crippen molar-refractivity contribution >= 4 is 5.97 Å². The molecule has 20 heavy (non-hydrogen) atoms. The van der Waals surface area contributed by atoms with Crippen LogP contribution in [0.5, 0.6) is 5.75 Å². The van der Waals surface area contributed by atoms with Crippen molar-refractivity contribution in [3.8, 4) is 5.75 Å². The summed E-state index contributed by atoms with van der Waals surface area (Å²) in [5.74, 6) is -0.679. The molecular formula is C14H17NO5. The average molecular weight is 279 g/mol. The summed E-state index contributed by atoms with van der Waals surface area (Å²) >= 11 is 0. The van der Waals surface area contributed by atoms with Gasteiger partial charge in [-0.05, 0) is 17.2 Å². The van der Waals surface area contributed by atoms with Gasteiger partial charge in [0.2, 0.25) is 6.54 Å². The highest BCUT2D eigenvalue weighted by Gasteiger charge is 2.31. The highest BCUT2D eigenvalue weighted by Crippen LogP contribution is 2.32. The van der Waals surface area contributed by atoms with Crippen molar-refractivity contribution in [3.05, 3.63) is 39.4 Å². The highest BCUT2D eigenvalue weighted by atomic mass is 16.6. The predicted octanol–water partition coefficient (Wildman–Crippen LogP) is 1.79. The molecule has 0 spiro atoms. The average Bonchev–Trinajstić information content (AvgIpc) is 2.90. The van der Waals surface area contributed by atoms with E-state index in [1.54, 1.807) is 13.0 Å². The van der Waals surface area contributed by atoms with E-state index < -0.39 is 22.7 Å². The Bertz CT molecular complexity index is 528. The lowest BCUT2D eigenvalue weighted by molar-refractivity contribution is -0.484. The topological polar surface area (TPSA) is 78.7 Å². The maximum atomic E-state index is 11.7. The second-order valence-electron chi connectivity index (χ2n) is 4.90. The van der Waals surface area contributed by atoms with Crippen LogP contribution in [-0.2, 0) is 16.0 Å². The van der Waals surface area contributed by atoms with Gasteiger partial charge in [0.05, 0.1) is 25.6 Å². The molecule has 0 amide bonds. The number of ether oxygens (including phenoxy) is 2. The molecule has 0 N–H and O–H groups in total. The molecule has 0 saturated carbocycles. The number of benzene rings is 1. The molecule has 1 unspecified atom stereocenters. The van der Waals surface area contributed by atoms with E-state index >= 15 is 0 Å². The van der Waals surface area contributed by atoms with Gasteiger partial charge in [-0.25, -0.2) is 0 Å². The van der Waals surface area contributed by atoms with Crippen LogP contribution in [0.2, 0.25) is 0 Å². The van der Waals surface area contributed by atoms with Gasteiger partial charge in [0, 0.05) is 11.3 Å². The molecule has 1 aromatic carbocycles. The van der Waals surface area contributed by atoms with Gasteiger partial charge in [-0.2, -0.15) is 0 Å². The van der Waals surface area contributed by atoms with Gasteiger partial charge >= 0.3 is 5.97 Å². The molecular weight excluding hydrogens is 262 g/mol. The first-order valence-corrected chi connectivity index (χ1v) is 6.48. The Morgan fingerprint density at radius 1 is 1.55 bits per heavy atom. The van der Waals surface area contributed by atoms with Crippen LogP contribution in [0.25, 0.3) is 0 Å². The Morgan fingerprint density at radius 2 is 2.30 bits per heavy atom. The molecule has 1 heterocycles. The van der Waals surface area contributed by atoms with Gasteiger partial charge in [-0.1, -0.05) is 19.1 Å². The number of hydrogen-bond acceptors (Lipinski definition) is 5. The second kappa shape index (κ2) is 5.90. The van der Waals surface area contributed by atoms with Gasteiger partial charge in [0.25, 0.3) is 0 Å². The largest absolute Gasteiger partial charge is 0.493 e. The van der Waals surface area contributed by atoms with Crippen molar-refractivity contribution in [2.45, 2.75) is 19.3 Å². The van der Waals surface area contributed by atoms with Gasteiger partial charge in [-0.3, -0.25) is 14.9 Å². The quantitative estimate of drug-likeness (QED) is 0.466. The van der Waals surface area contributed by atoms with Crippen molar-refractivity contribution in [1.29, 1.82) is 0 Å². The van der Waals surface area contributed by atoms with Crippen LogP contribution in [0.1, 0.15) is 24.0 Å². The molecule has 2 rings (SSSR count). The zero-order valence-electron chi connectivity index (χ0n) is 11.5. The zero-order valence-corrected chi connectivity index (χ0v) is 11.5. The normalized spacial score (nSPS) is 15.9. The predicted molar refractivity (Wildman–Crippen MR) is 71.4 cm³/mol. The van der Waals surface area contributed by atoms with E-state index in [0.717, 1.165) is 23.3 Å². The lowest BCUT2D eigenvalue weighted by Crippen LogP contribution is -2.26. The van der Waals surface area contributed by atoms with Crippen LogP contribution in [0.4, 0.5) is 0 Å². The Morgan fingerprint density at radius 3 is 2.95 bits per heavy atom. The van der Waals surface area contributed by atoms with E-state index in [0.29, 0.717) is 6.61 Å². The fourth-order valence-electron chi connectivity index (χ4n) is 2.50. The van der Waals surface area contributed by atoms with Gasteiger partial charge in [-0.15, -0.1) is 0 Å². The number of rotatable bonds is 5. The summed E-state index contributed by atoms with van der Waals surface area (Å²) in [6.07, 6.45) is 0.793. The number of methoxy groups -OCH3 is 1. The summed E-state index contributed by atoms with van der Waals surface area (Å²) in [5.41, 5.74) is 1.82. The van der Waals surface area contributed by atoms with E-state index in [-0.39, 0.29) is 6.54 Å². The fourth-order valence-corrected chi connectivity index (χ4v) is 2.50. The minimum atomic E-state index is -0.564. The number of esters is 1. The molecule has 0 bridgehead atoms. The minimum absolute atomic E-state index is 0.296. The van der Waals surface area contributed by atoms with Crippen molar-refractivity contribution in [3.63, 3.8) is 0 Å². The molecule has 6 nitrogen and oxygen atoms in total. The molecule has 2 atom stereocenters. The molecule has 6 heteroatoms. The number of carbonyl (C=O) groups is 1. The lowest BCUT2D eigenvalue weighted by atomic mass is 9.86. The standard InChI is InChI=1S/C14H17NO5/c1-9(14(16)19-2)12(8-15(17)18)10-3-4-13-11(7-10)5-6-20-13/h3-4,7,9,12H,5-6,8H2,1-2H3/t9?,12-/m1/s1. The third-order valence-corrected chi connectivity index (χ3v) is 3.66. The van der Waals surface area contributed by atoms with Crippen LogP contribution in [0.15, 0.2) is 18.2 Å². The molecule has 108 valence electrons. The highest BCUT2D eigenvalue weighted by molar-refractivity contribution is 5.73. The number of hydrogen-bond donors (Lipinski definition) is 0. The van der Waals surface area contributed by atoms with E-state index in [4.69, 9.17) is 9.47 Å². The third kappa shape index (κ3) is 2.89. The maximum absolute atomic E-state index is 11.7. The minimum Gasteiger partial charge on any atom is -0.493 e. The first-order valence-electron chi connectivity index (χ1n) is 6.48. The summed E-state index contributed by atoms with van der Waals surface area (Å²) in [5, 5.41) is 10.9. The first-order chi connectivity index (χ1) is 9.52. The van der Waals surface area contributed by atoms with E-state index in [1.165, 1.54) is 7.11 Å². The summed E-state index contributed by atoms with van der Waals surface area (Å²) in [6, 6.07) is 5.50. The fraction of sp³-hybridized carbons (Fsp3) is 0.500. The summed E-state index contributed by atoms with van der Waals surface area (Å²) in [6.45, 7) is 1.99. The molecule has 0 radical (unpaired) electrons. The molecule has 0 saturated heterocycles. The molecule has 0 aliphatic carbocycles. The smallest absolute Gasteiger partial charge is 0.309 e. The molecule has 1 aliphatic rings. The molecule has 1 aliphatic heterocycles. The van der Waals surface area contributed by atoms with Crippen LogP contribution in [0, 0.1) is 16.0 Å². The van der Waals surface area contributed by atoms with Gasteiger partial charge < -0.3 is 9.47 Å². The third-order valence-electron chi connectivity index (χ3n) is 3.66. The van der Waals surface area contributed by atoms with Crippen molar-refractivity contribution < 1.29 is 19.2 Å². The summed E-state index contributed by atoms with van der Waals surface area (Å²) < 4.78 is 10.1. The van der Waals surface area contributed by atoms with E-state index in [2.05, 4.69) is 0 Å². The number of carbonyl (C=O) groups excluding carboxylic acids is 1. The Hall–Kier alpha value is -2.11. The van der Waals surface area contributed by atoms with Crippen LogP contribution < -0.4 is 4.74 Å². The zero-order chi connectivity index (χ0) is 14.7. The van der Waals surface area contributed by atoms with Crippen LogP contribution >= 0.6 is 0 Å². The molecule has 0 aromatic heterocycles. The molecule has 0 fully saturated rings. The molecule has 1 aromatic rings. The monoisotopic (exact) mass is 279 g/mol. The Labute approximate surface area is 116 Å². The first kappa shape index (κ1) is 14.3. The SMILES string of the molecule is COC(=O)C(C)[C@@H](C[N+](=O)[O-])c1ccc2c(c1)CCO2. The van der Waals surface area contributed by atoms with E-state index in [9.17, 15) is 14.9 Å².